The van der Waals surface area contributed by atoms with Crippen LogP contribution in [0.25, 0.3) is 11.3 Å². The van der Waals surface area contributed by atoms with E-state index in [0.717, 1.165) is 17.7 Å². The van der Waals surface area contributed by atoms with Gasteiger partial charge in [-0.1, -0.05) is 19.1 Å². The summed E-state index contributed by atoms with van der Waals surface area (Å²) in [6, 6.07) is 7.78. The van der Waals surface area contributed by atoms with Crippen LogP contribution in [-0.4, -0.2) is 9.78 Å². The predicted octanol–water partition coefficient (Wildman–Crippen LogP) is 2.52. The number of anilines is 1. The lowest BCUT2D eigenvalue weighted by molar-refractivity contribution is 0.572. The SMILES string of the molecule is CCCn1nc(-c2ccc(C)c(C)c2)cc(N)c1=O. The van der Waals surface area contributed by atoms with Crippen molar-refractivity contribution in [3.8, 4) is 11.3 Å². The number of benzene rings is 1. The van der Waals surface area contributed by atoms with Gasteiger partial charge < -0.3 is 5.73 Å². The lowest BCUT2D eigenvalue weighted by Gasteiger charge is -2.09. The van der Waals surface area contributed by atoms with Crippen LogP contribution in [-0.2, 0) is 6.54 Å². The number of nitrogens with zero attached hydrogens (tertiary/aromatic N) is 2. The zero-order chi connectivity index (χ0) is 14.0. The third kappa shape index (κ3) is 2.67. The Kier molecular flexibility index (Phi) is 3.69. The second-order valence-electron chi connectivity index (χ2n) is 4.81. The van der Waals surface area contributed by atoms with E-state index in [1.54, 1.807) is 6.07 Å². The van der Waals surface area contributed by atoms with Gasteiger partial charge in [-0.15, -0.1) is 0 Å². The fraction of sp³-hybridized carbons (Fsp3) is 0.333. The van der Waals surface area contributed by atoms with Crippen molar-refractivity contribution in [2.45, 2.75) is 33.7 Å². The van der Waals surface area contributed by atoms with E-state index in [1.165, 1.54) is 15.8 Å². The van der Waals surface area contributed by atoms with Gasteiger partial charge in [0.05, 0.1) is 5.69 Å². The average molecular weight is 257 g/mol. The van der Waals surface area contributed by atoms with E-state index >= 15 is 0 Å². The molecule has 0 fully saturated rings. The predicted molar refractivity (Wildman–Crippen MR) is 78.1 cm³/mol. The van der Waals surface area contributed by atoms with Gasteiger partial charge in [-0.2, -0.15) is 5.10 Å². The minimum atomic E-state index is -0.213. The van der Waals surface area contributed by atoms with Crippen LogP contribution in [0, 0.1) is 13.8 Å². The fourth-order valence-electron chi connectivity index (χ4n) is 1.97. The first kappa shape index (κ1) is 13.3. The normalized spacial score (nSPS) is 10.7. The van der Waals surface area contributed by atoms with Crippen molar-refractivity contribution < 1.29 is 0 Å². The summed E-state index contributed by atoms with van der Waals surface area (Å²) in [5, 5.41) is 4.39. The Hall–Kier alpha value is -2.10. The lowest BCUT2D eigenvalue weighted by atomic mass is 10.0. The Labute approximate surface area is 112 Å². The zero-order valence-electron chi connectivity index (χ0n) is 11.6. The van der Waals surface area contributed by atoms with Crippen molar-refractivity contribution in [3.63, 3.8) is 0 Å². The summed E-state index contributed by atoms with van der Waals surface area (Å²) in [7, 11) is 0. The molecule has 19 heavy (non-hydrogen) atoms. The molecule has 0 aliphatic carbocycles. The molecule has 2 rings (SSSR count). The summed E-state index contributed by atoms with van der Waals surface area (Å²) in [5.41, 5.74) is 9.98. The highest BCUT2D eigenvalue weighted by atomic mass is 16.1. The molecule has 2 N–H and O–H groups in total. The molecular weight excluding hydrogens is 238 g/mol. The van der Waals surface area contributed by atoms with E-state index < -0.39 is 0 Å². The molecule has 0 saturated carbocycles. The smallest absolute Gasteiger partial charge is 0.289 e. The summed E-state index contributed by atoms with van der Waals surface area (Å²) in [6.45, 7) is 6.72. The molecule has 0 amide bonds. The summed E-state index contributed by atoms with van der Waals surface area (Å²) in [6.07, 6.45) is 0.850. The van der Waals surface area contributed by atoms with Crippen molar-refractivity contribution >= 4 is 5.69 Å². The first-order valence-electron chi connectivity index (χ1n) is 6.48. The molecular formula is C15H19N3O. The third-order valence-electron chi connectivity index (χ3n) is 3.24. The molecule has 0 spiro atoms. The van der Waals surface area contributed by atoms with Gasteiger partial charge in [-0.25, -0.2) is 4.68 Å². The van der Waals surface area contributed by atoms with Crippen LogP contribution in [0.15, 0.2) is 29.1 Å². The van der Waals surface area contributed by atoms with Crippen molar-refractivity contribution in [3.05, 3.63) is 45.7 Å². The first-order valence-corrected chi connectivity index (χ1v) is 6.48. The molecule has 0 bridgehead atoms. The van der Waals surface area contributed by atoms with Crippen LogP contribution in [0.2, 0.25) is 0 Å². The molecule has 0 unspecified atom stereocenters. The molecule has 2 aromatic rings. The highest BCUT2D eigenvalue weighted by Crippen LogP contribution is 2.20. The van der Waals surface area contributed by atoms with Crippen LogP contribution in [0.1, 0.15) is 24.5 Å². The second-order valence-corrected chi connectivity index (χ2v) is 4.81. The molecule has 1 heterocycles. The van der Waals surface area contributed by atoms with Gasteiger partial charge >= 0.3 is 0 Å². The van der Waals surface area contributed by atoms with Crippen molar-refractivity contribution in [2.75, 3.05) is 5.73 Å². The van der Waals surface area contributed by atoms with Gasteiger partial charge in [0.1, 0.15) is 5.69 Å². The molecule has 0 aliphatic rings. The molecule has 0 saturated heterocycles. The van der Waals surface area contributed by atoms with Gasteiger partial charge in [0.25, 0.3) is 5.56 Å². The number of nitrogen functional groups attached to an aromatic ring is 1. The number of nitrogens with two attached hydrogens (primary N) is 1. The molecule has 1 aromatic carbocycles. The van der Waals surface area contributed by atoms with Crippen LogP contribution >= 0.6 is 0 Å². The van der Waals surface area contributed by atoms with Crippen LogP contribution < -0.4 is 11.3 Å². The molecule has 0 atom stereocenters. The minimum absolute atomic E-state index is 0.213. The van der Waals surface area contributed by atoms with E-state index in [0.29, 0.717) is 6.54 Å². The van der Waals surface area contributed by atoms with Gasteiger partial charge in [0.15, 0.2) is 0 Å². The molecule has 4 nitrogen and oxygen atoms in total. The van der Waals surface area contributed by atoms with Gasteiger partial charge in [0.2, 0.25) is 0 Å². The number of hydrogen-bond acceptors (Lipinski definition) is 3. The number of hydrogen-bond donors (Lipinski definition) is 1. The number of rotatable bonds is 3. The fourth-order valence-corrected chi connectivity index (χ4v) is 1.97. The number of aryl methyl sites for hydroxylation is 3. The molecule has 100 valence electrons. The molecule has 0 radical (unpaired) electrons. The summed E-state index contributed by atoms with van der Waals surface area (Å²) in [5.74, 6) is 0. The van der Waals surface area contributed by atoms with Crippen molar-refractivity contribution in [2.24, 2.45) is 0 Å². The van der Waals surface area contributed by atoms with Crippen LogP contribution in [0.4, 0.5) is 5.69 Å². The minimum Gasteiger partial charge on any atom is -0.394 e. The van der Waals surface area contributed by atoms with E-state index in [2.05, 4.69) is 31.1 Å². The zero-order valence-corrected chi connectivity index (χ0v) is 11.6. The van der Waals surface area contributed by atoms with Crippen molar-refractivity contribution in [1.29, 1.82) is 0 Å². The Bertz CT molecular complexity index is 659. The quantitative estimate of drug-likeness (QED) is 0.919. The Balaban J connectivity index is 2.56. The Morgan fingerprint density at radius 2 is 1.95 bits per heavy atom. The maximum absolute atomic E-state index is 11.8. The summed E-state index contributed by atoms with van der Waals surface area (Å²) in [4.78, 5) is 11.8. The first-order chi connectivity index (χ1) is 9.02. The van der Waals surface area contributed by atoms with Crippen molar-refractivity contribution in [1.82, 2.24) is 9.78 Å². The van der Waals surface area contributed by atoms with E-state index in [1.807, 2.05) is 13.0 Å². The van der Waals surface area contributed by atoms with Gasteiger partial charge in [-0.3, -0.25) is 4.79 Å². The maximum Gasteiger partial charge on any atom is 0.289 e. The van der Waals surface area contributed by atoms with E-state index in [-0.39, 0.29) is 11.2 Å². The highest BCUT2D eigenvalue weighted by molar-refractivity contribution is 5.63. The lowest BCUT2D eigenvalue weighted by Crippen LogP contribution is -2.25. The largest absolute Gasteiger partial charge is 0.394 e. The topological polar surface area (TPSA) is 60.9 Å². The molecule has 0 aliphatic heterocycles. The van der Waals surface area contributed by atoms with E-state index in [4.69, 9.17) is 5.73 Å². The number of aromatic nitrogens is 2. The summed E-state index contributed by atoms with van der Waals surface area (Å²) >= 11 is 0. The standard InChI is InChI=1S/C15H19N3O/c1-4-7-18-15(19)13(16)9-14(17-18)12-6-5-10(2)11(3)8-12/h5-6,8-9H,4,7,16H2,1-3H3. The van der Waals surface area contributed by atoms with E-state index in [9.17, 15) is 4.79 Å². The summed E-state index contributed by atoms with van der Waals surface area (Å²) < 4.78 is 1.44. The molecule has 1 aromatic heterocycles. The average Bonchev–Trinajstić information content (AvgIpc) is 2.38. The third-order valence-corrected chi connectivity index (χ3v) is 3.24. The van der Waals surface area contributed by atoms with Gasteiger partial charge in [0, 0.05) is 12.1 Å². The van der Waals surface area contributed by atoms with Gasteiger partial charge in [-0.05, 0) is 43.5 Å². The van der Waals surface area contributed by atoms with Crippen LogP contribution in [0.5, 0.6) is 0 Å². The maximum atomic E-state index is 11.8. The monoisotopic (exact) mass is 257 g/mol. The Morgan fingerprint density at radius 1 is 1.21 bits per heavy atom. The van der Waals surface area contributed by atoms with Crippen LogP contribution in [0.3, 0.4) is 0 Å². The Morgan fingerprint density at radius 3 is 2.58 bits per heavy atom. The second kappa shape index (κ2) is 5.26. The highest BCUT2D eigenvalue weighted by Gasteiger charge is 2.08. The molecule has 4 heteroatoms.